The first-order valence-electron chi connectivity index (χ1n) is 21.3. The summed E-state index contributed by atoms with van der Waals surface area (Å²) >= 11 is 0. The maximum absolute atomic E-state index is 13.1. The van der Waals surface area contributed by atoms with Crippen molar-refractivity contribution >= 4 is 43.4 Å². The summed E-state index contributed by atoms with van der Waals surface area (Å²) in [6.07, 6.45) is -8.83. The Kier molecular flexibility index (Phi) is 18.7. The fraction of sp³-hybridized carbons (Fsp3) is 0.224. The topological polar surface area (TPSA) is 204 Å². The van der Waals surface area contributed by atoms with Gasteiger partial charge in [-0.2, -0.15) is 26.3 Å². The molecule has 14 nitrogen and oxygen atoms in total. The van der Waals surface area contributed by atoms with Gasteiger partial charge >= 0.3 is 24.3 Å². The summed E-state index contributed by atoms with van der Waals surface area (Å²) in [5, 5.41) is 17.9. The highest BCUT2D eigenvalue weighted by Gasteiger charge is 2.38. The summed E-state index contributed by atoms with van der Waals surface area (Å²) in [5.74, 6) is -0.256. The molecule has 4 N–H and O–H groups in total. The summed E-state index contributed by atoms with van der Waals surface area (Å²) in [4.78, 5) is 20.9. The van der Waals surface area contributed by atoms with Crippen LogP contribution in [0, 0.1) is 0 Å². The van der Waals surface area contributed by atoms with Gasteiger partial charge in [0.25, 0.3) is 20.0 Å². The number of aryl methyl sites for hydroxylation is 1. The first-order chi connectivity index (χ1) is 33.5. The summed E-state index contributed by atoms with van der Waals surface area (Å²) in [6.45, 7) is 2.63. The van der Waals surface area contributed by atoms with Crippen LogP contribution in [0.15, 0.2) is 149 Å². The first-order valence-corrected chi connectivity index (χ1v) is 24.2. The highest BCUT2D eigenvalue weighted by molar-refractivity contribution is 7.93. The van der Waals surface area contributed by atoms with Crippen molar-refractivity contribution in [2.24, 2.45) is 0 Å². The molecule has 0 saturated heterocycles. The molecule has 6 rings (SSSR count). The van der Waals surface area contributed by atoms with Crippen molar-refractivity contribution in [1.29, 1.82) is 0 Å². The molecule has 0 aliphatic carbocycles. The molecule has 0 bridgehead atoms. The molecule has 0 aliphatic heterocycles. The van der Waals surface area contributed by atoms with Crippen LogP contribution in [0.1, 0.15) is 41.2 Å². The van der Waals surface area contributed by atoms with E-state index in [0.29, 0.717) is 34.1 Å². The van der Waals surface area contributed by atoms with Gasteiger partial charge in [0.15, 0.2) is 0 Å². The first kappa shape index (κ1) is 54.5. The number of sulfonamides is 2. The van der Waals surface area contributed by atoms with E-state index in [-0.39, 0.29) is 73.8 Å². The Morgan fingerprint density at radius 2 is 0.887 bits per heavy atom. The number of nitrogens with one attached hydrogen (secondary N) is 2. The van der Waals surface area contributed by atoms with Crippen LogP contribution in [0.4, 0.5) is 37.7 Å². The number of anilines is 2. The van der Waals surface area contributed by atoms with Crippen LogP contribution in [0.5, 0.6) is 23.0 Å². The molecule has 6 aromatic carbocycles. The predicted octanol–water partition coefficient (Wildman–Crippen LogP) is 10.1. The van der Waals surface area contributed by atoms with Crippen molar-refractivity contribution in [3.05, 3.63) is 167 Å². The molecule has 0 heterocycles. The van der Waals surface area contributed by atoms with Gasteiger partial charge in [0.2, 0.25) is 0 Å². The van der Waals surface area contributed by atoms with E-state index in [1.165, 1.54) is 24.3 Å². The van der Waals surface area contributed by atoms with Crippen LogP contribution < -0.4 is 28.4 Å². The zero-order valence-corrected chi connectivity index (χ0v) is 39.1. The number of para-hydroxylation sites is 2. The molecule has 0 spiro atoms. The standard InChI is InChI=1S/C25H27NO6S.C24H19F6NO6S/c1-2-5-19-8-14-23(15-9-19)33(29,30)26-21-10-12-22(13-11-21)31-16-17-32-24-7-4-3-6-20(24)18-25(27)28;25-23(26,27)16-12-17(24(28,29)30)14-20(13-16)38(34,35)31-18-5-7-19(8-6-18)36-9-10-37-21-4-2-1-3-15(21)11-22(32)33/h3-4,6-15,26H,2,5,16-18H2,1H3,(H,27,28);1-8,12-14,31H,9-11H2,(H,32,33). The van der Waals surface area contributed by atoms with E-state index in [4.69, 9.17) is 29.2 Å². The van der Waals surface area contributed by atoms with E-state index in [1.54, 1.807) is 84.9 Å². The number of halogens is 6. The second-order valence-corrected chi connectivity index (χ2v) is 18.5. The fourth-order valence-corrected chi connectivity index (χ4v) is 8.59. The van der Waals surface area contributed by atoms with Gasteiger partial charge in [-0.3, -0.25) is 19.0 Å². The molecular formula is C49H46F6N2O12S2. The third kappa shape index (κ3) is 17.2. The zero-order valence-electron chi connectivity index (χ0n) is 37.5. The number of carboxylic acid groups (broad SMARTS) is 2. The summed E-state index contributed by atoms with van der Waals surface area (Å²) < 4.78 is 155. The molecule has 6 aromatic rings. The van der Waals surface area contributed by atoms with Crippen molar-refractivity contribution in [2.75, 3.05) is 35.9 Å². The van der Waals surface area contributed by atoms with Gasteiger partial charge in [0.05, 0.1) is 33.8 Å². The molecule has 0 aliphatic rings. The lowest BCUT2D eigenvalue weighted by Gasteiger charge is -2.15. The highest BCUT2D eigenvalue weighted by atomic mass is 32.2. The molecule has 0 fully saturated rings. The van der Waals surface area contributed by atoms with Gasteiger partial charge in [-0.1, -0.05) is 61.9 Å². The Hall–Kier alpha value is -7.46. The molecule has 71 heavy (non-hydrogen) atoms. The van der Waals surface area contributed by atoms with E-state index in [9.17, 15) is 52.8 Å². The predicted molar refractivity (Wildman–Crippen MR) is 249 cm³/mol. The van der Waals surface area contributed by atoms with Gasteiger partial charge in [-0.05, 0) is 103 Å². The third-order valence-corrected chi connectivity index (χ3v) is 12.5. The zero-order chi connectivity index (χ0) is 51.8. The van der Waals surface area contributed by atoms with E-state index >= 15 is 0 Å². The van der Waals surface area contributed by atoms with Crippen LogP contribution in [-0.4, -0.2) is 65.4 Å². The summed E-state index contributed by atoms with van der Waals surface area (Å²) in [6, 6.07) is 32.1. The lowest BCUT2D eigenvalue weighted by atomic mass is 10.1. The number of alkyl halides is 6. The molecule has 378 valence electrons. The van der Waals surface area contributed by atoms with Gasteiger partial charge < -0.3 is 29.2 Å². The number of benzene rings is 6. The SMILES string of the molecule is CCCc1ccc(S(=O)(=O)Nc2ccc(OCCOc3ccccc3CC(=O)O)cc2)cc1.O=C(O)Cc1ccccc1OCCOc1ccc(NS(=O)(=O)c2cc(C(F)(F)F)cc(C(F)(F)F)c2)cc1. The smallest absolute Gasteiger partial charge is 0.416 e. The number of carbonyl (C=O) groups is 2. The summed E-state index contributed by atoms with van der Waals surface area (Å²) in [5.41, 5.74) is -1.05. The molecule has 0 unspecified atom stereocenters. The molecule has 0 atom stereocenters. The molecule has 0 radical (unpaired) electrons. The molecule has 0 saturated carbocycles. The fourth-order valence-electron chi connectivity index (χ4n) is 6.40. The molecule has 0 aromatic heterocycles. The highest BCUT2D eigenvalue weighted by Crippen LogP contribution is 2.38. The number of rotatable bonds is 22. The van der Waals surface area contributed by atoms with Crippen LogP contribution in [0.3, 0.4) is 0 Å². The van der Waals surface area contributed by atoms with Gasteiger partial charge in [-0.15, -0.1) is 0 Å². The van der Waals surface area contributed by atoms with Crippen LogP contribution in [-0.2, 0) is 61.3 Å². The normalized spacial score (nSPS) is 11.6. The Morgan fingerprint density at radius 1 is 0.507 bits per heavy atom. The van der Waals surface area contributed by atoms with Gasteiger partial charge in [-0.25, -0.2) is 16.8 Å². The minimum atomic E-state index is -5.20. The van der Waals surface area contributed by atoms with Crippen molar-refractivity contribution < 1.29 is 81.9 Å². The largest absolute Gasteiger partial charge is 0.490 e. The van der Waals surface area contributed by atoms with Crippen molar-refractivity contribution in [2.45, 2.75) is 54.8 Å². The maximum Gasteiger partial charge on any atom is 0.416 e. The Balaban J connectivity index is 0.000000267. The van der Waals surface area contributed by atoms with Gasteiger partial charge in [0, 0.05) is 22.5 Å². The average molecular weight is 1030 g/mol. The minimum absolute atomic E-state index is 0.0247. The van der Waals surface area contributed by atoms with Crippen molar-refractivity contribution in [1.82, 2.24) is 0 Å². The Bertz CT molecular complexity index is 2920. The number of hydrogen-bond acceptors (Lipinski definition) is 10. The number of hydrogen-bond donors (Lipinski definition) is 4. The van der Waals surface area contributed by atoms with Crippen molar-refractivity contribution in [3.8, 4) is 23.0 Å². The average Bonchev–Trinajstić information content (AvgIpc) is 3.30. The number of carboxylic acids is 2. The maximum atomic E-state index is 13.1. The van der Waals surface area contributed by atoms with Crippen LogP contribution >= 0.6 is 0 Å². The molecule has 0 amide bonds. The van der Waals surface area contributed by atoms with E-state index in [2.05, 4.69) is 11.6 Å². The third-order valence-electron chi connectivity index (χ3n) is 9.70. The van der Waals surface area contributed by atoms with Crippen LogP contribution in [0.2, 0.25) is 0 Å². The lowest BCUT2D eigenvalue weighted by Crippen LogP contribution is -2.17. The van der Waals surface area contributed by atoms with E-state index in [1.807, 2.05) is 16.9 Å². The second kappa shape index (κ2) is 24.4. The van der Waals surface area contributed by atoms with E-state index < -0.39 is 60.4 Å². The quantitative estimate of drug-likeness (QED) is 0.0371. The van der Waals surface area contributed by atoms with Gasteiger partial charge in [0.1, 0.15) is 49.4 Å². The Labute approximate surface area is 404 Å². The lowest BCUT2D eigenvalue weighted by molar-refractivity contribution is -0.143. The number of aliphatic carboxylic acids is 2. The minimum Gasteiger partial charge on any atom is -0.490 e. The van der Waals surface area contributed by atoms with E-state index in [0.717, 1.165) is 18.4 Å². The monoisotopic (exact) mass is 1030 g/mol. The molecular weight excluding hydrogens is 987 g/mol. The molecule has 22 heteroatoms. The van der Waals surface area contributed by atoms with Crippen molar-refractivity contribution in [3.63, 3.8) is 0 Å². The van der Waals surface area contributed by atoms with Crippen LogP contribution in [0.25, 0.3) is 0 Å². The Morgan fingerprint density at radius 3 is 1.27 bits per heavy atom. The number of ether oxygens (including phenoxy) is 4. The summed E-state index contributed by atoms with van der Waals surface area (Å²) in [7, 11) is -8.48. The second-order valence-electron chi connectivity index (χ2n) is 15.1.